The van der Waals surface area contributed by atoms with Gasteiger partial charge in [0.25, 0.3) is 0 Å². The number of carboxylic acids is 1. The second-order valence-electron chi connectivity index (χ2n) is 8.14. The summed E-state index contributed by atoms with van der Waals surface area (Å²) in [6.07, 6.45) is 1.98. The maximum absolute atomic E-state index is 13.5. The van der Waals surface area contributed by atoms with E-state index in [1.165, 1.54) is 23.9 Å². The van der Waals surface area contributed by atoms with Crippen LogP contribution in [-0.4, -0.2) is 55.6 Å². The second-order valence-corrected chi connectivity index (χ2v) is 9.12. The van der Waals surface area contributed by atoms with Crippen LogP contribution in [0.15, 0.2) is 48.5 Å². The fraction of sp³-hybridized carbons (Fsp3) is 0.348. The summed E-state index contributed by atoms with van der Waals surface area (Å²) in [7, 11) is 0. The molecule has 0 radical (unpaired) electrons. The number of carboxylic acid groups (broad SMARTS) is 1. The Balaban J connectivity index is 1.80. The predicted molar refractivity (Wildman–Crippen MR) is 118 cm³/mol. The number of fused-ring (bicyclic) bond motifs is 1. The Hall–Kier alpha value is -3.04. The number of aliphatic carboxylic acids is 1. The lowest BCUT2D eigenvalue weighted by atomic mass is 9.78. The van der Waals surface area contributed by atoms with E-state index in [1.807, 2.05) is 12.3 Å². The number of carbonyl (C=O) groups excluding carboxylic acids is 2. The quantitative estimate of drug-likeness (QED) is 0.467. The maximum Gasteiger partial charge on any atom is 0.324 e. The van der Waals surface area contributed by atoms with Gasteiger partial charge in [0.15, 0.2) is 0 Å². The van der Waals surface area contributed by atoms with Gasteiger partial charge in [-0.15, -0.1) is 0 Å². The van der Waals surface area contributed by atoms with Crippen LogP contribution in [0.5, 0.6) is 11.5 Å². The number of phenols is 2. The van der Waals surface area contributed by atoms with Gasteiger partial charge in [-0.3, -0.25) is 24.6 Å². The lowest BCUT2D eigenvalue weighted by Crippen LogP contribution is -2.56. The number of nitrogens with zero attached hydrogens (tertiary/aromatic N) is 1. The molecular weight excluding hydrogens is 432 g/mol. The van der Waals surface area contributed by atoms with Crippen molar-refractivity contribution in [3.63, 3.8) is 0 Å². The van der Waals surface area contributed by atoms with Crippen LogP contribution in [0.4, 0.5) is 0 Å². The molecule has 8 nitrogen and oxygen atoms in total. The third-order valence-electron chi connectivity index (χ3n) is 6.36. The van der Waals surface area contributed by atoms with Crippen LogP contribution in [0.2, 0.25) is 0 Å². The molecule has 0 unspecified atom stereocenters. The van der Waals surface area contributed by atoms with Gasteiger partial charge >= 0.3 is 5.97 Å². The van der Waals surface area contributed by atoms with Crippen LogP contribution in [-0.2, 0) is 20.9 Å². The van der Waals surface area contributed by atoms with Crippen molar-refractivity contribution in [1.82, 2.24) is 10.2 Å². The van der Waals surface area contributed by atoms with E-state index in [0.29, 0.717) is 5.75 Å². The number of thioether (sulfide) groups is 1. The van der Waals surface area contributed by atoms with Crippen LogP contribution in [0, 0.1) is 11.8 Å². The number of aromatic hydroxyl groups is 2. The molecule has 9 heteroatoms. The van der Waals surface area contributed by atoms with E-state index in [1.54, 1.807) is 24.3 Å². The summed E-state index contributed by atoms with van der Waals surface area (Å²) < 4.78 is 0. The normalized spacial score (nSPS) is 27.0. The molecule has 2 heterocycles. The SMILES string of the molecule is CSCC[C@]1(C(=O)O)N[C@H](c2ccc(O)cc2O)[C@@H]2C(=O)N(Cc3ccccc3)C(=O)[C@@H]21. The number of benzene rings is 2. The van der Waals surface area contributed by atoms with Crippen LogP contribution in [0.3, 0.4) is 0 Å². The zero-order valence-corrected chi connectivity index (χ0v) is 18.2. The van der Waals surface area contributed by atoms with Crippen molar-refractivity contribution in [2.75, 3.05) is 12.0 Å². The van der Waals surface area contributed by atoms with Gasteiger partial charge < -0.3 is 15.3 Å². The van der Waals surface area contributed by atoms with Gasteiger partial charge in [-0.2, -0.15) is 11.8 Å². The highest BCUT2D eigenvalue weighted by molar-refractivity contribution is 7.98. The molecule has 0 aromatic heterocycles. The molecule has 0 bridgehead atoms. The first-order valence-electron chi connectivity index (χ1n) is 10.2. The van der Waals surface area contributed by atoms with Crippen molar-refractivity contribution >= 4 is 29.5 Å². The third-order valence-corrected chi connectivity index (χ3v) is 6.97. The highest BCUT2D eigenvalue weighted by Crippen LogP contribution is 2.52. The summed E-state index contributed by atoms with van der Waals surface area (Å²) >= 11 is 1.45. The molecule has 32 heavy (non-hydrogen) atoms. The molecule has 2 aromatic carbocycles. The van der Waals surface area contributed by atoms with E-state index < -0.39 is 41.2 Å². The van der Waals surface area contributed by atoms with E-state index in [0.717, 1.165) is 16.5 Å². The minimum Gasteiger partial charge on any atom is -0.508 e. The van der Waals surface area contributed by atoms with Gasteiger partial charge in [-0.1, -0.05) is 36.4 Å². The molecule has 2 aromatic rings. The summed E-state index contributed by atoms with van der Waals surface area (Å²) in [5.41, 5.74) is -0.620. The number of phenolic OH excluding ortho intramolecular Hbond substituents is 2. The Kier molecular flexibility index (Phi) is 5.87. The maximum atomic E-state index is 13.5. The standard InChI is InChI=1S/C23H24N2O6S/c1-32-10-9-23(22(30)31)18-17(19(24-23)15-8-7-14(26)11-16(15)27)20(28)25(21(18)29)12-13-5-3-2-4-6-13/h2-8,11,17-19,24,26-27H,9-10,12H2,1H3,(H,30,31)/t17-,18-,19-,23+/m1/s1. The number of rotatable bonds is 7. The topological polar surface area (TPSA) is 127 Å². The fourth-order valence-corrected chi connectivity index (χ4v) is 5.37. The zero-order chi connectivity index (χ0) is 23.0. The highest BCUT2D eigenvalue weighted by Gasteiger charge is 2.68. The largest absolute Gasteiger partial charge is 0.508 e. The van der Waals surface area contributed by atoms with Gasteiger partial charge in [-0.25, -0.2) is 0 Å². The number of amides is 2. The minimum absolute atomic E-state index is 0.0536. The molecule has 2 fully saturated rings. The predicted octanol–water partition coefficient (Wildman–Crippen LogP) is 2.12. The number of hydrogen-bond donors (Lipinski definition) is 4. The third kappa shape index (κ3) is 3.51. The Morgan fingerprint density at radius 1 is 1.12 bits per heavy atom. The molecule has 2 saturated heterocycles. The zero-order valence-electron chi connectivity index (χ0n) is 17.4. The Morgan fingerprint density at radius 3 is 2.47 bits per heavy atom. The molecule has 168 valence electrons. The van der Waals surface area contributed by atoms with Crippen molar-refractivity contribution in [1.29, 1.82) is 0 Å². The van der Waals surface area contributed by atoms with Crippen molar-refractivity contribution in [3.8, 4) is 11.5 Å². The van der Waals surface area contributed by atoms with Gasteiger partial charge in [0.1, 0.15) is 17.0 Å². The van der Waals surface area contributed by atoms with Crippen LogP contribution in [0.25, 0.3) is 0 Å². The van der Waals surface area contributed by atoms with Gasteiger partial charge in [0, 0.05) is 17.7 Å². The van der Waals surface area contributed by atoms with E-state index in [4.69, 9.17) is 0 Å². The van der Waals surface area contributed by atoms with Gasteiger partial charge in [0.2, 0.25) is 11.8 Å². The van der Waals surface area contributed by atoms with Crippen molar-refractivity contribution in [2.24, 2.45) is 11.8 Å². The number of nitrogens with one attached hydrogen (secondary N) is 1. The molecule has 0 spiro atoms. The lowest BCUT2D eigenvalue weighted by molar-refractivity contribution is -0.151. The summed E-state index contributed by atoms with van der Waals surface area (Å²) in [5, 5.41) is 33.4. The molecule has 4 N–H and O–H groups in total. The second kappa shape index (κ2) is 8.48. The Labute approximate surface area is 189 Å². The smallest absolute Gasteiger partial charge is 0.324 e. The first-order chi connectivity index (χ1) is 15.3. The van der Waals surface area contributed by atoms with Crippen molar-refractivity contribution < 1.29 is 29.7 Å². The summed E-state index contributed by atoms with van der Waals surface area (Å²) in [4.78, 5) is 40.7. The van der Waals surface area contributed by atoms with E-state index in [2.05, 4.69) is 5.32 Å². The molecule has 4 atom stereocenters. The van der Waals surface area contributed by atoms with Crippen molar-refractivity contribution in [3.05, 3.63) is 59.7 Å². The molecular formula is C23H24N2O6S. The first kappa shape index (κ1) is 22.2. The molecule has 0 saturated carbocycles. The van der Waals surface area contributed by atoms with E-state index in [9.17, 15) is 29.7 Å². The van der Waals surface area contributed by atoms with Crippen LogP contribution >= 0.6 is 11.8 Å². The highest BCUT2D eigenvalue weighted by atomic mass is 32.2. The van der Waals surface area contributed by atoms with Gasteiger partial charge in [-0.05, 0) is 30.1 Å². The van der Waals surface area contributed by atoms with Crippen molar-refractivity contribution in [2.45, 2.75) is 24.5 Å². The molecule has 0 aliphatic carbocycles. The summed E-state index contributed by atoms with van der Waals surface area (Å²) in [6, 6.07) is 12.1. The lowest BCUT2D eigenvalue weighted by Gasteiger charge is -2.31. The summed E-state index contributed by atoms with van der Waals surface area (Å²) in [6.45, 7) is 0.0536. The average molecular weight is 457 g/mol. The number of hydrogen-bond acceptors (Lipinski definition) is 7. The first-order valence-corrected chi connectivity index (χ1v) is 11.6. The fourth-order valence-electron chi connectivity index (χ4n) is 4.84. The Morgan fingerprint density at radius 2 is 1.84 bits per heavy atom. The molecule has 2 aliphatic rings. The Bertz CT molecular complexity index is 1060. The van der Waals surface area contributed by atoms with E-state index >= 15 is 0 Å². The summed E-state index contributed by atoms with van der Waals surface area (Å²) in [5.74, 6) is -4.26. The number of imide groups is 1. The molecule has 2 amide bonds. The van der Waals surface area contributed by atoms with E-state index in [-0.39, 0.29) is 30.0 Å². The number of likely N-dealkylation sites (tertiary alicyclic amines) is 1. The molecule has 4 rings (SSSR count). The monoisotopic (exact) mass is 456 g/mol. The molecule has 2 aliphatic heterocycles. The van der Waals surface area contributed by atoms with Crippen LogP contribution in [0.1, 0.15) is 23.6 Å². The van der Waals surface area contributed by atoms with Gasteiger partial charge in [0.05, 0.1) is 18.4 Å². The minimum atomic E-state index is -1.65. The average Bonchev–Trinajstić information content (AvgIpc) is 3.23. The number of carbonyl (C=O) groups is 3. The van der Waals surface area contributed by atoms with Crippen LogP contribution < -0.4 is 5.32 Å².